The molecule has 3 amide bonds. The number of amides is 3. The van der Waals surface area contributed by atoms with Gasteiger partial charge in [-0.2, -0.15) is 0 Å². The maximum Gasteiger partial charge on any atom is 0.233 e. The molecule has 0 aromatic heterocycles. The number of imide groups is 1. The molecule has 5 nitrogen and oxygen atoms in total. The van der Waals surface area contributed by atoms with Crippen LogP contribution in [0.4, 0.5) is 5.69 Å². The van der Waals surface area contributed by atoms with E-state index in [9.17, 15) is 14.4 Å². The molecule has 1 saturated heterocycles. The van der Waals surface area contributed by atoms with Crippen molar-refractivity contribution in [2.75, 3.05) is 11.9 Å². The molecule has 0 saturated carbocycles. The standard InChI is InChI=1S/C17H17IN2O3/c18-11-5-7-12(8-6-11)19-15(21)9-10-20-16(22)13-3-1-2-4-14(13)17(20)23/h1-2,5-8,13-14H,3-4,9-10H2,(H,19,21)/t13-,14+. The zero-order valence-electron chi connectivity index (χ0n) is 12.5. The highest BCUT2D eigenvalue weighted by Gasteiger charge is 2.46. The molecular formula is C17H17IN2O3. The fourth-order valence-electron chi connectivity index (χ4n) is 3.06. The fraction of sp³-hybridized carbons (Fsp3) is 0.353. The number of likely N-dealkylation sites (tertiary alicyclic amines) is 1. The van der Waals surface area contributed by atoms with Crippen LogP contribution in [0.3, 0.4) is 0 Å². The predicted octanol–water partition coefficient (Wildman–Crippen LogP) is 2.57. The van der Waals surface area contributed by atoms with Crippen molar-refractivity contribution in [2.45, 2.75) is 19.3 Å². The minimum Gasteiger partial charge on any atom is -0.326 e. The predicted molar refractivity (Wildman–Crippen MR) is 94.5 cm³/mol. The molecule has 0 bridgehead atoms. The van der Waals surface area contributed by atoms with Crippen LogP contribution in [0.2, 0.25) is 0 Å². The van der Waals surface area contributed by atoms with Gasteiger partial charge in [-0.05, 0) is 59.7 Å². The number of hydrogen-bond acceptors (Lipinski definition) is 3. The highest BCUT2D eigenvalue weighted by Crippen LogP contribution is 2.34. The molecule has 1 aromatic carbocycles. The van der Waals surface area contributed by atoms with Crippen LogP contribution in [-0.4, -0.2) is 29.2 Å². The van der Waals surface area contributed by atoms with E-state index in [0.717, 1.165) is 3.57 Å². The van der Waals surface area contributed by atoms with Crippen molar-refractivity contribution in [3.8, 4) is 0 Å². The monoisotopic (exact) mass is 424 g/mol. The first-order valence-corrected chi connectivity index (χ1v) is 8.70. The zero-order valence-corrected chi connectivity index (χ0v) is 14.7. The van der Waals surface area contributed by atoms with E-state index in [2.05, 4.69) is 27.9 Å². The first kappa shape index (κ1) is 16.2. The molecule has 1 heterocycles. The summed E-state index contributed by atoms with van der Waals surface area (Å²) in [4.78, 5) is 37.9. The van der Waals surface area contributed by atoms with Crippen molar-refractivity contribution < 1.29 is 14.4 Å². The van der Waals surface area contributed by atoms with E-state index >= 15 is 0 Å². The summed E-state index contributed by atoms with van der Waals surface area (Å²) in [6.07, 6.45) is 5.29. The van der Waals surface area contributed by atoms with Gasteiger partial charge in [-0.15, -0.1) is 0 Å². The molecule has 3 rings (SSSR count). The lowest BCUT2D eigenvalue weighted by molar-refractivity contribution is -0.140. The van der Waals surface area contributed by atoms with Gasteiger partial charge in [-0.25, -0.2) is 0 Å². The highest BCUT2D eigenvalue weighted by molar-refractivity contribution is 14.1. The minimum atomic E-state index is -0.230. The molecule has 0 unspecified atom stereocenters. The van der Waals surface area contributed by atoms with E-state index in [1.54, 1.807) is 0 Å². The molecule has 120 valence electrons. The van der Waals surface area contributed by atoms with Crippen molar-refractivity contribution in [1.29, 1.82) is 0 Å². The Labute approximate surface area is 148 Å². The summed E-state index contributed by atoms with van der Waals surface area (Å²) in [7, 11) is 0. The first-order valence-electron chi connectivity index (χ1n) is 7.62. The van der Waals surface area contributed by atoms with Gasteiger partial charge in [0.1, 0.15) is 0 Å². The quantitative estimate of drug-likeness (QED) is 0.459. The maximum atomic E-state index is 12.3. The Hall–Kier alpha value is -1.70. The van der Waals surface area contributed by atoms with Crippen LogP contribution in [0.15, 0.2) is 36.4 Å². The number of anilines is 1. The Kier molecular flexibility index (Phi) is 4.79. The van der Waals surface area contributed by atoms with Crippen LogP contribution < -0.4 is 5.32 Å². The summed E-state index contributed by atoms with van der Waals surface area (Å²) in [6.45, 7) is 0.154. The Bertz CT molecular complexity index is 643. The largest absolute Gasteiger partial charge is 0.326 e. The number of halogens is 1. The summed E-state index contributed by atoms with van der Waals surface area (Å²) >= 11 is 2.19. The molecule has 23 heavy (non-hydrogen) atoms. The van der Waals surface area contributed by atoms with Crippen molar-refractivity contribution in [1.82, 2.24) is 4.90 Å². The SMILES string of the molecule is O=C(CCN1C(=O)[C@H]2CC=CC[C@H]2C1=O)Nc1ccc(I)cc1. The first-order chi connectivity index (χ1) is 11.1. The third-order valence-electron chi connectivity index (χ3n) is 4.29. The topological polar surface area (TPSA) is 66.5 Å². The number of rotatable bonds is 4. The molecule has 1 N–H and O–H groups in total. The van der Waals surface area contributed by atoms with Gasteiger partial charge in [0, 0.05) is 22.2 Å². The van der Waals surface area contributed by atoms with Gasteiger partial charge in [0.2, 0.25) is 17.7 Å². The Morgan fingerprint density at radius 1 is 1.09 bits per heavy atom. The Balaban J connectivity index is 1.56. The second-order valence-electron chi connectivity index (χ2n) is 5.79. The number of benzene rings is 1. The lowest BCUT2D eigenvalue weighted by Crippen LogP contribution is -2.34. The molecule has 6 heteroatoms. The molecule has 1 fully saturated rings. The van der Waals surface area contributed by atoms with Gasteiger partial charge < -0.3 is 5.32 Å². The van der Waals surface area contributed by atoms with Crippen LogP contribution in [0.5, 0.6) is 0 Å². The van der Waals surface area contributed by atoms with Crippen molar-refractivity contribution in [3.05, 3.63) is 40.0 Å². The van der Waals surface area contributed by atoms with E-state index in [0.29, 0.717) is 18.5 Å². The average Bonchev–Trinajstić information content (AvgIpc) is 2.80. The number of allylic oxidation sites excluding steroid dienone is 2. The number of nitrogens with one attached hydrogen (secondary N) is 1. The number of nitrogens with zero attached hydrogens (tertiary/aromatic N) is 1. The van der Waals surface area contributed by atoms with Crippen LogP contribution in [0, 0.1) is 15.4 Å². The number of fused-ring (bicyclic) bond motifs is 1. The second-order valence-corrected chi connectivity index (χ2v) is 7.03. The summed E-state index contributed by atoms with van der Waals surface area (Å²) < 4.78 is 1.09. The zero-order chi connectivity index (χ0) is 16.4. The molecule has 1 aliphatic heterocycles. The third kappa shape index (κ3) is 3.46. The lowest BCUT2D eigenvalue weighted by Gasteiger charge is -2.14. The molecule has 2 atom stereocenters. The van der Waals surface area contributed by atoms with Crippen molar-refractivity contribution in [2.24, 2.45) is 11.8 Å². The smallest absolute Gasteiger partial charge is 0.233 e. The number of carbonyl (C=O) groups is 3. The summed E-state index contributed by atoms with van der Waals surface area (Å²) in [5.41, 5.74) is 0.715. The van der Waals surface area contributed by atoms with Gasteiger partial charge in [0.25, 0.3) is 0 Å². The van der Waals surface area contributed by atoms with Gasteiger partial charge in [0.05, 0.1) is 11.8 Å². The molecule has 0 radical (unpaired) electrons. The number of carbonyl (C=O) groups excluding carboxylic acids is 3. The summed E-state index contributed by atoms with van der Waals surface area (Å²) in [5.74, 6) is -0.920. The van der Waals surface area contributed by atoms with E-state index in [1.807, 2.05) is 36.4 Å². The van der Waals surface area contributed by atoms with Crippen LogP contribution in [-0.2, 0) is 14.4 Å². The molecule has 1 aromatic rings. The fourth-order valence-corrected chi connectivity index (χ4v) is 3.42. The van der Waals surface area contributed by atoms with E-state index < -0.39 is 0 Å². The molecule has 1 aliphatic carbocycles. The Morgan fingerprint density at radius 3 is 2.22 bits per heavy atom. The van der Waals surface area contributed by atoms with Gasteiger partial charge >= 0.3 is 0 Å². The minimum absolute atomic E-state index is 0.121. The molecular weight excluding hydrogens is 407 g/mol. The molecule has 2 aliphatic rings. The Morgan fingerprint density at radius 2 is 1.65 bits per heavy atom. The molecule has 0 spiro atoms. The van der Waals surface area contributed by atoms with Crippen LogP contribution >= 0.6 is 22.6 Å². The normalized spacial score (nSPS) is 23.1. The van der Waals surface area contributed by atoms with Gasteiger partial charge in [0.15, 0.2) is 0 Å². The van der Waals surface area contributed by atoms with Crippen molar-refractivity contribution in [3.63, 3.8) is 0 Å². The summed E-state index contributed by atoms with van der Waals surface area (Å²) in [6, 6.07) is 7.46. The van der Waals surface area contributed by atoms with E-state index in [4.69, 9.17) is 0 Å². The van der Waals surface area contributed by atoms with E-state index in [-0.39, 0.29) is 42.5 Å². The maximum absolute atomic E-state index is 12.3. The van der Waals surface area contributed by atoms with Crippen LogP contribution in [0.1, 0.15) is 19.3 Å². The van der Waals surface area contributed by atoms with Gasteiger partial charge in [-0.1, -0.05) is 12.2 Å². The summed E-state index contributed by atoms with van der Waals surface area (Å²) in [5, 5.41) is 2.78. The average molecular weight is 424 g/mol. The second kappa shape index (κ2) is 6.82. The third-order valence-corrected chi connectivity index (χ3v) is 5.01. The highest BCUT2D eigenvalue weighted by atomic mass is 127. The van der Waals surface area contributed by atoms with E-state index in [1.165, 1.54) is 4.90 Å². The van der Waals surface area contributed by atoms with Crippen LogP contribution in [0.25, 0.3) is 0 Å². The number of hydrogen-bond donors (Lipinski definition) is 1. The van der Waals surface area contributed by atoms with Crippen molar-refractivity contribution >= 4 is 46.0 Å². The lowest BCUT2D eigenvalue weighted by atomic mass is 9.85. The van der Waals surface area contributed by atoms with Gasteiger partial charge in [-0.3, -0.25) is 19.3 Å².